The van der Waals surface area contributed by atoms with Gasteiger partial charge in [0.15, 0.2) is 4.90 Å². The van der Waals surface area contributed by atoms with Crippen LogP contribution in [0.25, 0.3) is 0 Å². The first-order chi connectivity index (χ1) is 27.8. The fourth-order valence-corrected chi connectivity index (χ4v) is 8.73. The van der Waals surface area contributed by atoms with Gasteiger partial charge in [-0.1, -0.05) is 132 Å². The molecule has 0 N–H and O–H groups in total. The van der Waals surface area contributed by atoms with Crippen molar-refractivity contribution in [1.29, 1.82) is 0 Å². The highest BCUT2D eigenvalue weighted by atomic mass is 32.2. The molecule has 0 saturated heterocycles. The molecule has 0 heterocycles. The molecular formula is C44H36BF12NOS. The van der Waals surface area contributed by atoms with Gasteiger partial charge in [0.1, 0.15) is 28.1 Å². The number of halogens is 12. The van der Waals surface area contributed by atoms with Crippen LogP contribution in [0.15, 0.2) is 157 Å². The fraction of sp³-hybridized carbons (Fsp3) is 0.182. The average molecular weight is 866 g/mol. The van der Waals surface area contributed by atoms with Gasteiger partial charge in [-0.2, -0.15) is 74.5 Å². The quantitative estimate of drug-likeness (QED) is 0.0863. The van der Waals surface area contributed by atoms with E-state index in [1.54, 1.807) is 0 Å². The maximum absolute atomic E-state index is 13.3. The van der Waals surface area contributed by atoms with Crippen LogP contribution in [0, 0.1) is 0 Å². The van der Waals surface area contributed by atoms with E-state index in [1.165, 1.54) is 0 Å². The van der Waals surface area contributed by atoms with E-state index < -0.39 is 63.0 Å². The summed E-state index contributed by atoms with van der Waals surface area (Å²) in [6, 6.07) is 31.5. The molecule has 0 fully saturated rings. The summed E-state index contributed by atoms with van der Waals surface area (Å²) >= 11 is 0. The Morgan fingerprint density at radius 2 is 0.717 bits per heavy atom. The largest absolute Gasteiger partial charge is 0.416 e. The topological polar surface area (TPSA) is 20.3 Å². The number of benzene rings is 6. The van der Waals surface area contributed by atoms with Gasteiger partial charge in [-0.05, 0) is 24.3 Å². The van der Waals surface area contributed by atoms with E-state index in [2.05, 4.69) is 29.2 Å². The van der Waals surface area contributed by atoms with Crippen molar-refractivity contribution in [3.05, 3.63) is 179 Å². The number of hydrogen-bond donors (Lipinski definition) is 0. The molecule has 0 spiro atoms. The van der Waals surface area contributed by atoms with Gasteiger partial charge in [-0.3, -0.25) is 0 Å². The third-order valence-corrected chi connectivity index (χ3v) is 12.2. The Morgan fingerprint density at radius 1 is 0.433 bits per heavy atom. The van der Waals surface area contributed by atoms with Crippen molar-refractivity contribution < 1.29 is 56.9 Å². The molecule has 0 amide bonds. The zero-order valence-corrected chi connectivity index (χ0v) is 32.8. The van der Waals surface area contributed by atoms with Crippen LogP contribution in [0.1, 0.15) is 27.8 Å². The van der Waals surface area contributed by atoms with E-state index in [0.717, 1.165) is 64.7 Å². The summed E-state index contributed by atoms with van der Waals surface area (Å²) in [6.07, 6.45) is -20.2. The SMILES string of the molecule is CN(C)c1ccc(C[S+](C)(=O)c2ccccc2)cc1.FC(F)(F)c1ccc([B-](c2ccc(C(F)(F)F)cc2)(c2ccc(C(F)(F)F)cc2)c2ccc(C(F)(F)F)cc2)cc1. The zero-order chi connectivity index (χ0) is 44.3. The lowest BCUT2D eigenvalue weighted by atomic mass is 9.13. The minimum atomic E-state index is -4.77. The van der Waals surface area contributed by atoms with Crippen LogP contribution < -0.4 is 26.8 Å². The van der Waals surface area contributed by atoms with Gasteiger partial charge in [0.05, 0.1) is 22.3 Å². The molecule has 60 heavy (non-hydrogen) atoms. The van der Waals surface area contributed by atoms with E-state index in [1.807, 2.05) is 50.7 Å². The molecule has 2 nitrogen and oxygen atoms in total. The molecular weight excluding hydrogens is 829 g/mol. The summed E-state index contributed by atoms with van der Waals surface area (Å²) in [5.74, 6) is 0.588. The van der Waals surface area contributed by atoms with Crippen LogP contribution in [0.5, 0.6) is 0 Å². The predicted octanol–water partition coefficient (Wildman–Crippen LogP) is 10.6. The molecule has 0 aliphatic heterocycles. The monoisotopic (exact) mass is 865 g/mol. The fourth-order valence-electron chi connectivity index (χ4n) is 7.00. The zero-order valence-electron chi connectivity index (χ0n) is 32.0. The highest BCUT2D eigenvalue weighted by Crippen LogP contribution is 2.33. The number of anilines is 1. The van der Waals surface area contributed by atoms with Gasteiger partial charge >= 0.3 is 24.7 Å². The summed E-state index contributed by atoms with van der Waals surface area (Å²) in [5.41, 5.74) is -2.02. The number of nitrogens with zero attached hydrogens (tertiary/aromatic N) is 1. The highest BCUT2D eigenvalue weighted by Gasteiger charge is 2.38. The molecule has 0 aliphatic rings. The summed E-state index contributed by atoms with van der Waals surface area (Å²) in [4.78, 5) is 2.98. The average Bonchev–Trinajstić information content (AvgIpc) is 3.18. The van der Waals surface area contributed by atoms with Crippen molar-refractivity contribution in [3.63, 3.8) is 0 Å². The molecule has 0 aliphatic carbocycles. The van der Waals surface area contributed by atoms with Crippen LogP contribution in [0.3, 0.4) is 0 Å². The predicted molar refractivity (Wildman–Crippen MR) is 213 cm³/mol. The van der Waals surface area contributed by atoms with Crippen molar-refractivity contribution >= 4 is 43.6 Å². The smallest absolute Gasteiger partial charge is 0.378 e. The molecule has 1 unspecified atom stereocenters. The van der Waals surface area contributed by atoms with Gasteiger partial charge in [-0.25, -0.2) is 0 Å². The van der Waals surface area contributed by atoms with E-state index in [9.17, 15) is 56.9 Å². The third kappa shape index (κ3) is 10.4. The van der Waals surface area contributed by atoms with Crippen molar-refractivity contribution in [2.45, 2.75) is 35.4 Å². The standard InChI is InChI=1S/C28H16BF12.C16H20NOS/c30-25(31,32)17-1-9-21(10-2-17)29(22-11-3-18(4-12-22)26(33,34)35,23-13-5-19(6-14-23)27(36,37)38)24-15-7-20(8-16-24)28(39,40)41;1-17(2)15-11-9-14(10-12-15)13-19(3,18)16-7-5-4-6-8-16/h1-16H;4-12H,13H2,1-3H3/q-1;+1. The number of alkyl halides is 12. The molecule has 1 atom stereocenters. The van der Waals surface area contributed by atoms with Crippen LogP contribution in [-0.2, 0) is 44.6 Å². The minimum absolute atomic E-state index is 0.0114. The van der Waals surface area contributed by atoms with Crippen molar-refractivity contribution in [3.8, 4) is 0 Å². The third-order valence-electron chi connectivity index (χ3n) is 10.1. The van der Waals surface area contributed by atoms with E-state index in [-0.39, 0.29) is 21.9 Å². The lowest BCUT2D eigenvalue weighted by molar-refractivity contribution is -0.138. The molecule has 16 heteroatoms. The van der Waals surface area contributed by atoms with Crippen molar-refractivity contribution in [2.24, 2.45) is 0 Å². The lowest BCUT2D eigenvalue weighted by Crippen LogP contribution is -2.74. The molecule has 316 valence electrons. The first kappa shape index (κ1) is 45.6. The Labute approximate surface area is 339 Å². The minimum Gasteiger partial charge on any atom is -0.378 e. The summed E-state index contributed by atoms with van der Waals surface area (Å²) < 4.78 is 173. The maximum Gasteiger partial charge on any atom is 0.416 e. The second-order valence-corrected chi connectivity index (χ2v) is 17.1. The van der Waals surface area contributed by atoms with Crippen LogP contribution in [0.4, 0.5) is 58.4 Å². The van der Waals surface area contributed by atoms with Crippen molar-refractivity contribution in [2.75, 3.05) is 25.3 Å². The molecule has 6 aromatic carbocycles. The van der Waals surface area contributed by atoms with Gasteiger partial charge in [-0.15, -0.1) is 0 Å². The van der Waals surface area contributed by atoms with Crippen LogP contribution in [-0.4, -0.2) is 26.5 Å². The Kier molecular flexibility index (Phi) is 13.1. The molecule has 0 aromatic heterocycles. The van der Waals surface area contributed by atoms with Gasteiger partial charge in [0.25, 0.3) is 0 Å². The molecule has 6 aromatic rings. The molecule has 6 rings (SSSR count). The Bertz CT molecular complexity index is 2140. The van der Waals surface area contributed by atoms with E-state index >= 15 is 0 Å². The maximum atomic E-state index is 13.3. The number of hydrogen-bond acceptors (Lipinski definition) is 2. The number of rotatable bonds is 8. The Balaban J connectivity index is 0.000000299. The Hall–Kier alpha value is -5.51. The molecule has 0 bridgehead atoms. The van der Waals surface area contributed by atoms with E-state index in [0.29, 0.717) is 54.3 Å². The van der Waals surface area contributed by atoms with E-state index in [4.69, 9.17) is 0 Å². The second-order valence-electron chi connectivity index (χ2n) is 14.4. The van der Waals surface area contributed by atoms with Gasteiger partial charge < -0.3 is 4.90 Å². The van der Waals surface area contributed by atoms with Crippen LogP contribution in [0.2, 0.25) is 0 Å². The first-order valence-electron chi connectivity index (χ1n) is 18.0. The van der Waals surface area contributed by atoms with Crippen LogP contribution >= 0.6 is 0 Å². The normalized spacial score (nSPS) is 13.5. The highest BCUT2D eigenvalue weighted by molar-refractivity contribution is 8.01. The molecule has 0 radical (unpaired) electrons. The summed E-state index contributed by atoms with van der Waals surface area (Å²) in [5, 5.41) is 0. The summed E-state index contributed by atoms with van der Waals surface area (Å²) in [7, 11) is 2.02. The lowest BCUT2D eigenvalue weighted by Gasteiger charge is -2.44. The summed E-state index contributed by atoms with van der Waals surface area (Å²) in [6.45, 7) is 0. The second kappa shape index (κ2) is 17.2. The Morgan fingerprint density at radius 3 is 0.967 bits per heavy atom. The van der Waals surface area contributed by atoms with Gasteiger partial charge in [0.2, 0.25) is 0 Å². The first-order valence-corrected chi connectivity index (χ1v) is 20.1. The van der Waals surface area contributed by atoms with Gasteiger partial charge in [0, 0.05) is 25.3 Å². The van der Waals surface area contributed by atoms with Crippen molar-refractivity contribution in [1.82, 2.24) is 0 Å². The molecule has 0 saturated carbocycles.